The van der Waals surface area contributed by atoms with Crippen molar-refractivity contribution in [3.63, 3.8) is 0 Å². The fraction of sp³-hybridized carbons (Fsp3) is 0.833. The molecule has 0 spiro atoms. The van der Waals surface area contributed by atoms with Crippen LogP contribution in [0, 0.1) is 16.7 Å². The van der Waals surface area contributed by atoms with Gasteiger partial charge in [-0.15, -0.1) is 0 Å². The Bertz CT molecular complexity index is 343. The van der Waals surface area contributed by atoms with Crippen molar-refractivity contribution >= 4 is 16.7 Å². The van der Waals surface area contributed by atoms with Crippen molar-refractivity contribution < 1.29 is 9.00 Å². The maximum atomic E-state index is 11.9. The number of amides is 1. The Kier molecular flexibility index (Phi) is 5.13. The maximum absolute atomic E-state index is 11.9. The zero-order valence-corrected chi connectivity index (χ0v) is 11.3. The molecule has 0 saturated heterocycles. The normalized spacial score (nSPS) is 21.5. The SMILES string of the molecule is CC(CCNC(=O)C1(C#N)CCCC1)S(C)=O. The van der Waals surface area contributed by atoms with E-state index >= 15 is 0 Å². The summed E-state index contributed by atoms with van der Waals surface area (Å²) < 4.78 is 11.1. The van der Waals surface area contributed by atoms with Gasteiger partial charge in [0.25, 0.3) is 0 Å². The molecule has 0 bridgehead atoms. The molecule has 4 nitrogen and oxygen atoms in total. The van der Waals surface area contributed by atoms with E-state index in [9.17, 15) is 9.00 Å². The third-order valence-electron chi connectivity index (χ3n) is 3.51. The number of nitrogens with zero attached hydrogens (tertiary/aromatic N) is 1. The molecule has 17 heavy (non-hydrogen) atoms. The number of carbonyl (C=O) groups excluding carboxylic acids is 1. The Morgan fingerprint density at radius 2 is 2.12 bits per heavy atom. The van der Waals surface area contributed by atoms with Gasteiger partial charge in [0, 0.05) is 28.9 Å². The zero-order valence-electron chi connectivity index (χ0n) is 10.5. The second-order valence-corrected chi connectivity index (χ2v) is 6.56. The highest BCUT2D eigenvalue weighted by atomic mass is 32.2. The highest BCUT2D eigenvalue weighted by molar-refractivity contribution is 7.84. The van der Waals surface area contributed by atoms with E-state index in [-0.39, 0.29) is 11.2 Å². The van der Waals surface area contributed by atoms with Gasteiger partial charge in [-0.3, -0.25) is 9.00 Å². The first-order valence-corrected chi connectivity index (χ1v) is 7.66. The Hall–Kier alpha value is -0.890. The third kappa shape index (κ3) is 3.53. The van der Waals surface area contributed by atoms with Crippen LogP contribution in [0.5, 0.6) is 0 Å². The lowest BCUT2D eigenvalue weighted by atomic mass is 9.87. The van der Waals surface area contributed by atoms with Crippen LogP contribution < -0.4 is 5.32 Å². The van der Waals surface area contributed by atoms with Crippen LogP contribution in [0.2, 0.25) is 0 Å². The minimum absolute atomic E-state index is 0.0805. The van der Waals surface area contributed by atoms with Gasteiger partial charge in [-0.2, -0.15) is 5.26 Å². The molecule has 2 atom stereocenters. The molecule has 1 rings (SSSR count). The number of nitriles is 1. The Labute approximate surface area is 105 Å². The van der Waals surface area contributed by atoms with Crippen LogP contribution in [0.4, 0.5) is 0 Å². The van der Waals surface area contributed by atoms with E-state index in [0.29, 0.717) is 25.8 Å². The highest BCUT2D eigenvalue weighted by Crippen LogP contribution is 2.37. The molecule has 0 aliphatic heterocycles. The van der Waals surface area contributed by atoms with Gasteiger partial charge in [-0.25, -0.2) is 0 Å². The molecule has 0 aromatic heterocycles. The molecule has 2 unspecified atom stereocenters. The molecule has 1 aliphatic carbocycles. The number of hydrogen-bond donors (Lipinski definition) is 1. The number of nitrogens with one attached hydrogen (secondary N) is 1. The first-order valence-electron chi connectivity index (χ1n) is 6.03. The van der Waals surface area contributed by atoms with Crippen LogP contribution >= 0.6 is 0 Å². The van der Waals surface area contributed by atoms with Crippen molar-refractivity contribution in [2.24, 2.45) is 5.41 Å². The summed E-state index contributed by atoms with van der Waals surface area (Å²) in [7, 11) is -0.856. The Morgan fingerprint density at radius 1 is 1.53 bits per heavy atom. The van der Waals surface area contributed by atoms with E-state index in [2.05, 4.69) is 11.4 Å². The number of rotatable bonds is 5. The van der Waals surface area contributed by atoms with Gasteiger partial charge in [0.2, 0.25) is 5.91 Å². The largest absolute Gasteiger partial charge is 0.355 e. The summed E-state index contributed by atoms with van der Waals surface area (Å²) in [4.78, 5) is 11.9. The van der Waals surface area contributed by atoms with Crippen molar-refractivity contribution in [1.29, 1.82) is 5.26 Å². The van der Waals surface area contributed by atoms with E-state index < -0.39 is 16.2 Å². The fourth-order valence-electron chi connectivity index (χ4n) is 2.09. The molecule has 0 aromatic carbocycles. The highest BCUT2D eigenvalue weighted by Gasteiger charge is 2.41. The van der Waals surface area contributed by atoms with E-state index in [0.717, 1.165) is 12.8 Å². The van der Waals surface area contributed by atoms with Gasteiger partial charge in [0.15, 0.2) is 0 Å². The lowest BCUT2D eigenvalue weighted by Gasteiger charge is -2.19. The summed E-state index contributed by atoms with van der Waals surface area (Å²) in [6, 6.07) is 2.17. The van der Waals surface area contributed by atoms with Gasteiger partial charge < -0.3 is 5.32 Å². The molecular weight excluding hydrogens is 236 g/mol. The summed E-state index contributed by atoms with van der Waals surface area (Å²) in [6.45, 7) is 2.40. The van der Waals surface area contributed by atoms with Gasteiger partial charge in [0.1, 0.15) is 5.41 Å². The third-order valence-corrected chi connectivity index (χ3v) is 4.88. The van der Waals surface area contributed by atoms with E-state index in [4.69, 9.17) is 5.26 Å². The fourth-order valence-corrected chi connectivity index (χ4v) is 2.54. The van der Waals surface area contributed by atoms with Crippen molar-refractivity contribution in [2.75, 3.05) is 12.8 Å². The van der Waals surface area contributed by atoms with Gasteiger partial charge >= 0.3 is 0 Å². The van der Waals surface area contributed by atoms with Gasteiger partial charge in [-0.1, -0.05) is 19.8 Å². The van der Waals surface area contributed by atoms with Crippen LogP contribution in [-0.4, -0.2) is 28.2 Å². The van der Waals surface area contributed by atoms with Crippen LogP contribution in [0.1, 0.15) is 39.0 Å². The predicted molar refractivity (Wildman–Crippen MR) is 67.7 cm³/mol. The van der Waals surface area contributed by atoms with Gasteiger partial charge in [0.05, 0.1) is 6.07 Å². The smallest absolute Gasteiger partial charge is 0.240 e. The monoisotopic (exact) mass is 256 g/mol. The number of carbonyl (C=O) groups is 1. The summed E-state index contributed by atoms with van der Waals surface area (Å²) in [5, 5.41) is 12.0. The minimum atomic E-state index is -0.856. The van der Waals surface area contributed by atoms with Crippen molar-refractivity contribution in [3.05, 3.63) is 0 Å². The summed E-state index contributed by atoms with van der Waals surface area (Å²) in [5.74, 6) is -0.147. The molecule has 1 saturated carbocycles. The average molecular weight is 256 g/mol. The van der Waals surface area contributed by atoms with Crippen molar-refractivity contribution in [2.45, 2.75) is 44.3 Å². The number of hydrogen-bond acceptors (Lipinski definition) is 3. The van der Waals surface area contributed by atoms with Gasteiger partial charge in [-0.05, 0) is 19.3 Å². The standard InChI is InChI=1S/C12H20N2O2S/c1-10(17(2)16)5-8-14-11(15)12(9-13)6-3-4-7-12/h10H,3-8H2,1-2H3,(H,14,15). The molecule has 1 amide bonds. The molecule has 1 fully saturated rings. The molecule has 5 heteroatoms. The first-order chi connectivity index (χ1) is 8.02. The van der Waals surface area contributed by atoms with Crippen LogP contribution in [0.25, 0.3) is 0 Å². The van der Waals surface area contributed by atoms with Crippen LogP contribution in [-0.2, 0) is 15.6 Å². The summed E-state index contributed by atoms with van der Waals surface area (Å²) in [6.07, 6.45) is 5.61. The van der Waals surface area contributed by atoms with E-state index in [1.807, 2.05) is 6.92 Å². The minimum Gasteiger partial charge on any atom is -0.355 e. The second kappa shape index (κ2) is 6.15. The quantitative estimate of drug-likeness (QED) is 0.807. The molecule has 0 aromatic rings. The molecular formula is C12H20N2O2S. The molecule has 0 radical (unpaired) electrons. The predicted octanol–water partition coefficient (Wildman–Crippen LogP) is 1.34. The van der Waals surface area contributed by atoms with E-state index in [1.165, 1.54) is 0 Å². The molecule has 1 N–H and O–H groups in total. The molecule has 1 aliphatic rings. The molecule has 0 heterocycles. The first kappa shape index (κ1) is 14.2. The van der Waals surface area contributed by atoms with Crippen LogP contribution in [0.15, 0.2) is 0 Å². The van der Waals surface area contributed by atoms with Crippen molar-refractivity contribution in [1.82, 2.24) is 5.32 Å². The summed E-state index contributed by atoms with van der Waals surface area (Å²) >= 11 is 0. The summed E-state index contributed by atoms with van der Waals surface area (Å²) in [5.41, 5.74) is -0.797. The average Bonchev–Trinajstić information content (AvgIpc) is 2.78. The maximum Gasteiger partial charge on any atom is 0.240 e. The van der Waals surface area contributed by atoms with Crippen LogP contribution in [0.3, 0.4) is 0 Å². The second-order valence-electron chi connectivity index (χ2n) is 4.75. The Morgan fingerprint density at radius 3 is 2.59 bits per heavy atom. The molecule has 96 valence electrons. The zero-order chi connectivity index (χ0) is 12.9. The van der Waals surface area contributed by atoms with E-state index in [1.54, 1.807) is 6.26 Å². The Balaban J connectivity index is 2.39. The topological polar surface area (TPSA) is 70.0 Å². The lowest BCUT2D eigenvalue weighted by Crippen LogP contribution is -2.39. The van der Waals surface area contributed by atoms with Crippen molar-refractivity contribution in [3.8, 4) is 6.07 Å². The lowest BCUT2D eigenvalue weighted by molar-refractivity contribution is -0.127.